The van der Waals surface area contributed by atoms with Gasteiger partial charge in [-0.05, 0) is 0 Å². The molecule has 0 saturated carbocycles. The van der Waals surface area contributed by atoms with Crippen LogP contribution in [0.15, 0.2) is 0 Å². The van der Waals surface area contributed by atoms with Gasteiger partial charge in [0.25, 0.3) is 0 Å². The molecule has 3 nitrogen and oxygen atoms in total. The third kappa shape index (κ3) is 133. The Labute approximate surface area is 106 Å². The average Bonchev–Trinajstić information content (AvgIpc) is 1.50. The van der Waals surface area contributed by atoms with Crippen molar-refractivity contribution >= 4 is 0 Å². The Hall–Kier alpha value is 1.56. The van der Waals surface area contributed by atoms with Crippen LogP contribution in [0, 0.1) is 23.7 Å². The molecule has 0 unspecified atom stereocenters. The van der Waals surface area contributed by atoms with E-state index in [4.69, 9.17) is 23.7 Å². The first-order chi connectivity index (χ1) is 2.00. The summed E-state index contributed by atoms with van der Waals surface area (Å²) in [7, 11) is 0. The minimum absolute atomic E-state index is 0. The van der Waals surface area contributed by atoms with E-state index in [1.54, 1.807) is 0 Å². The molecule has 0 aliphatic heterocycles. The minimum atomic E-state index is 0. The molecule has 1 N–H and O–H groups in total. The predicted octanol–water partition coefficient (Wildman–Crippen LogP) is -5.98. The van der Waals surface area contributed by atoms with Crippen LogP contribution in [0.5, 0.6) is 0 Å². The molecule has 8 heavy (non-hydrogen) atoms. The zero-order valence-electron chi connectivity index (χ0n) is 5.05. The van der Waals surface area contributed by atoms with Crippen molar-refractivity contribution in [1.29, 1.82) is 10.5 Å². The molecule has 0 amide bonds. The van der Waals surface area contributed by atoms with Gasteiger partial charge in [0.2, 0.25) is 0 Å². The molecule has 0 aromatic carbocycles. The Morgan fingerprint density at radius 1 is 0.750 bits per heavy atom. The summed E-state index contributed by atoms with van der Waals surface area (Å²) in [6, 6.07) is 0. The molecule has 0 rings (SSSR count). The zero-order chi connectivity index (χ0) is 4.00. The fourth-order valence-electron chi connectivity index (χ4n) is 0. The Kier molecular flexibility index (Phi) is 1380. The van der Waals surface area contributed by atoms with E-state index in [0.717, 1.165) is 0 Å². The molecule has 0 aromatic heterocycles. The zero-order valence-corrected chi connectivity index (χ0v) is 12.0. The minimum Gasteiger partial charge on any atom is -0.870 e. The van der Waals surface area contributed by atoms with Crippen LogP contribution in [0.1, 0.15) is 0 Å². The van der Waals surface area contributed by atoms with Gasteiger partial charge < -0.3 is 29.1 Å². The van der Waals surface area contributed by atoms with Crippen LogP contribution < -0.4 is 59.1 Å². The second kappa shape index (κ2) is 200. The van der Waals surface area contributed by atoms with Gasteiger partial charge in [0.1, 0.15) is 0 Å². The van der Waals surface area contributed by atoms with E-state index in [0.29, 0.717) is 0 Å². The summed E-state index contributed by atoms with van der Waals surface area (Å²) in [6.45, 7) is 9.50. The standard InChI is InChI=1S/2CN.2Na.H2O.Zn/c2*1-2;;;;/h;;;;1H2;/q2*-1;2*+1;;+2/p-1. The van der Waals surface area contributed by atoms with Gasteiger partial charge >= 0.3 is 78.6 Å². The molecule has 0 fully saturated rings. The summed E-state index contributed by atoms with van der Waals surface area (Å²) in [5, 5.41) is 12.5. The summed E-state index contributed by atoms with van der Waals surface area (Å²) >= 11 is 0. The molecule has 6 heteroatoms. The average molecular weight is 180 g/mol. The van der Waals surface area contributed by atoms with Crippen LogP contribution in [0.4, 0.5) is 0 Å². The van der Waals surface area contributed by atoms with E-state index in [-0.39, 0.29) is 84.1 Å². The van der Waals surface area contributed by atoms with Gasteiger partial charge in [0, 0.05) is 0 Å². The number of nitrogens with zero attached hydrogens (tertiary/aromatic N) is 2. The molecule has 0 heterocycles. The summed E-state index contributed by atoms with van der Waals surface area (Å²) in [4.78, 5) is 0. The summed E-state index contributed by atoms with van der Waals surface area (Å²) < 4.78 is 0. The first kappa shape index (κ1) is 55.2. The number of hydrogen-bond donors (Lipinski definition) is 0. The predicted molar refractivity (Wildman–Crippen MR) is 11.9 cm³/mol. The van der Waals surface area contributed by atoms with Crippen molar-refractivity contribution in [3.05, 3.63) is 13.1 Å². The Bertz CT molecular complexity index is 33.5. The SMILES string of the molecule is [C-]#N.[C-]#N.[Na+].[Na+].[OH-].[Zn+2]. The van der Waals surface area contributed by atoms with E-state index < -0.39 is 0 Å². The monoisotopic (exact) mass is 179 g/mol. The second-order valence-electron chi connectivity index (χ2n) is 0. The Morgan fingerprint density at radius 3 is 0.750 bits per heavy atom. The maximum Gasteiger partial charge on any atom is 2.00 e. The van der Waals surface area contributed by atoms with E-state index >= 15 is 0 Å². The van der Waals surface area contributed by atoms with Crippen molar-refractivity contribution in [2.75, 3.05) is 0 Å². The smallest absolute Gasteiger partial charge is 0.870 e. The fraction of sp³-hybridized carbons (Fsp3) is 0. The molecular formula is C2HN2Na2OZn+. The van der Waals surface area contributed by atoms with Gasteiger partial charge in [-0.15, -0.1) is 0 Å². The van der Waals surface area contributed by atoms with Gasteiger partial charge in [-0.3, -0.25) is 0 Å². The molecule has 0 atom stereocenters. The molecule has 0 spiro atoms. The van der Waals surface area contributed by atoms with E-state index in [1.165, 1.54) is 0 Å². The van der Waals surface area contributed by atoms with Crippen LogP contribution in [-0.2, 0) is 19.5 Å². The fourth-order valence-corrected chi connectivity index (χ4v) is 0. The molecule has 0 bridgehead atoms. The van der Waals surface area contributed by atoms with E-state index in [2.05, 4.69) is 0 Å². The van der Waals surface area contributed by atoms with Crippen LogP contribution in [0.2, 0.25) is 0 Å². The van der Waals surface area contributed by atoms with E-state index in [9.17, 15) is 0 Å². The van der Waals surface area contributed by atoms with Crippen molar-refractivity contribution in [2.24, 2.45) is 0 Å². The molecule has 0 aliphatic rings. The topological polar surface area (TPSA) is 77.6 Å². The largest absolute Gasteiger partial charge is 2.00 e. The molecule has 0 aliphatic carbocycles. The van der Waals surface area contributed by atoms with Crippen LogP contribution in [0.25, 0.3) is 0 Å². The second-order valence-corrected chi connectivity index (χ2v) is 0. The van der Waals surface area contributed by atoms with Gasteiger partial charge in [0.15, 0.2) is 0 Å². The summed E-state index contributed by atoms with van der Waals surface area (Å²) in [5.74, 6) is 0. The molecule has 0 aromatic rings. The van der Waals surface area contributed by atoms with Crippen LogP contribution >= 0.6 is 0 Å². The summed E-state index contributed by atoms with van der Waals surface area (Å²) in [5.41, 5.74) is 0. The molecule has 0 saturated heterocycles. The van der Waals surface area contributed by atoms with Crippen molar-refractivity contribution in [1.82, 2.24) is 0 Å². The van der Waals surface area contributed by atoms with E-state index in [1.807, 2.05) is 0 Å². The molecule has 0 radical (unpaired) electrons. The Balaban J connectivity index is -0.00000000167. The first-order valence-electron chi connectivity index (χ1n) is 0.447. The summed E-state index contributed by atoms with van der Waals surface area (Å²) in [6.07, 6.45) is 0. The maximum absolute atomic E-state index is 6.25. The van der Waals surface area contributed by atoms with Gasteiger partial charge in [-0.2, -0.15) is 0 Å². The van der Waals surface area contributed by atoms with Crippen molar-refractivity contribution in [3.63, 3.8) is 0 Å². The third-order valence-electron chi connectivity index (χ3n) is 0. The third-order valence-corrected chi connectivity index (χ3v) is 0. The number of rotatable bonds is 0. The molecule has 28 valence electrons. The number of hydrogen-bond acceptors (Lipinski definition) is 3. The quantitative estimate of drug-likeness (QED) is 0.275. The van der Waals surface area contributed by atoms with Crippen LogP contribution in [-0.4, -0.2) is 5.48 Å². The van der Waals surface area contributed by atoms with Gasteiger partial charge in [-0.25, -0.2) is 0 Å². The molecular weight excluding hydrogens is 179 g/mol. The van der Waals surface area contributed by atoms with Gasteiger partial charge in [-0.1, -0.05) is 0 Å². The Morgan fingerprint density at radius 2 is 0.750 bits per heavy atom. The van der Waals surface area contributed by atoms with Crippen molar-refractivity contribution in [2.45, 2.75) is 0 Å². The normalized spacial score (nSPS) is 0.500. The van der Waals surface area contributed by atoms with Crippen molar-refractivity contribution < 1.29 is 84.1 Å². The first-order valence-corrected chi connectivity index (χ1v) is 0.447. The van der Waals surface area contributed by atoms with Gasteiger partial charge in [0.05, 0.1) is 0 Å². The maximum atomic E-state index is 6.25. The van der Waals surface area contributed by atoms with Crippen molar-refractivity contribution in [3.8, 4) is 0 Å². The van der Waals surface area contributed by atoms with Crippen LogP contribution in [0.3, 0.4) is 0 Å².